The highest BCUT2D eigenvalue weighted by Gasteiger charge is 2.20. The molecule has 1 aliphatic rings. The van der Waals surface area contributed by atoms with Crippen LogP contribution in [0.4, 0.5) is 5.69 Å². The summed E-state index contributed by atoms with van der Waals surface area (Å²) in [7, 11) is 0. The van der Waals surface area contributed by atoms with Crippen LogP contribution in [-0.4, -0.2) is 13.1 Å². The molecule has 0 amide bonds. The van der Waals surface area contributed by atoms with E-state index in [0.29, 0.717) is 5.56 Å². The predicted octanol–water partition coefficient (Wildman–Crippen LogP) is 4.34. The molecule has 0 spiro atoms. The molecule has 3 heteroatoms. The molecule has 1 saturated heterocycles. The van der Waals surface area contributed by atoms with Gasteiger partial charge in [0.15, 0.2) is 0 Å². The van der Waals surface area contributed by atoms with E-state index in [0.717, 1.165) is 23.5 Å². The highest BCUT2D eigenvalue weighted by Crippen LogP contribution is 2.31. The van der Waals surface area contributed by atoms with E-state index in [4.69, 9.17) is 5.26 Å². The van der Waals surface area contributed by atoms with Crippen LogP contribution in [0.3, 0.4) is 0 Å². The molecule has 2 nitrogen and oxygen atoms in total. The van der Waals surface area contributed by atoms with Crippen molar-refractivity contribution in [2.45, 2.75) is 32.6 Å². The van der Waals surface area contributed by atoms with Crippen molar-refractivity contribution in [3.63, 3.8) is 0 Å². The molecule has 0 unspecified atom stereocenters. The van der Waals surface area contributed by atoms with E-state index < -0.39 is 0 Å². The molecule has 0 N–H and O–H groups in total. The smallest absolute Gasteiger partial charge is 0.0992 e. The summed E-state index contributed by atoms with van der Waals surface area (Å²) in [6.45, 7) is 4.54. The van der Waals surface area contributed by atoms with Crippen LogP contribution in [0.25, 0.3) is 0 Å². The first-order valence-electron chi connectivity index (χ1n) is 6.69. The quantitative estimate of drug-likeness (QED) is 0.830. The van der Waals surface area contributed by atoms with Crippen molar-refractivity contribution in [3.05, 3.63) is 28.2 Å². The lowest BCUT2D eigenvalue weighted by molar-refractivity contribution is 0.378. The fourth-order valence-corrected chi connectivity index (χ4v) is 3.33. The number of nitriles is 1. The predicted molar refractivity (Wildman–Crippen MR) is 78.7 cm³/mol. The number of benzene rings is 1. The van der Waals surface area contributed by atoms with Gasteiger partial charge in [-0.3, -0.25) is 0 Å². The molecule has 96 valence electrons. The number of nitrogens with zero attached hydrogens (tertiary/aromatic N) is 2. The minimum absolute atomic E-state index is 0.714. The topological polar surface area (TPSA) is 27.0 Å². The Morgan fingerprint density at radius 3 is 2.67 bits per heavy atom. The maximum absolute atomic E-state index is 8.87. The minimum Gasteiger partial charge on any atom is -0.371 e. The van der Waals surface area contributed by atoms with Gasteiger partial charge >= 0.3 is 0 Å². The largest absolute Gasteiger partial charge is 0.371 e. The Morgan fingerprint density at radius 1 is 1.39 bits per heavy atom. The first kappa shape index (κ1) is 13.4. The van der Waals surface area contributed by atoms with Gasteiger partial charge in [0.1, 0.15) is 0 Å². The van der Waals surface area contributed by atoms with Crippen LogP contribution in [0.2, 0.25) is 0 Å². The van der Waals surface area contributed by atoms with E-state index in [1.54, 1.807) is 0 Å². The summed E-state index contributed by atoms with van der Waals surface area (Å²) in [5, 5.41) is 8.87. The lowest BCUT2D eigenvalue weighted by atomic mass is 9.92. The Hall–Kier alpha value is -1.01. The van der Waals surface area contributed by atoms with Crippen LogP contribution in [0.5, 0.6) is 0 Å². The van der Waals surface area contributed by atoms with Gasteiger partial charge in [0, 0.05) is 17.6 Å². The van der Waals surface area contributed by atoms with Gasteiger partial charge in [0.05, 0.1) is 17.3 Å². The third-order valence-corrected chi connectivity index (χ3v) is 4.36. The Morgan fingerprint density at radius 2 is 2.11 bits per heavy atom. The summed E-state index contributed by atoms with van der Waals surface area (Å²) in [4.78, 5) is 2.43. The van der Waals surface area contributed by atoms with Gasteiger partial charge in [-0.05, 0) is 52.9 Å². The van der Waals surface area contributed by atoms with Crippen LogP contribution in [-0.2, 0) is 0 Å². The molecule has 0 bridgehead atoms. The summed E-state index contributed by atoms with van der Waals surface area (Å²) in [5.41, 5.74) is 1.94. The van der Waals surface area contributed by atoms with E-state index in [9.17, 15) is 0 Å². The van der Waals surface area contributed by atoms with Crippen molar-refractivity contribution in [2.24, 2.45) is 5.92 Å². The van der Waals surface area contributed by atoms with Crippen molar-refractivity contribution in [1.29, 1.82) is 5.26 Å². The Kier molecular flexibility index (Phi) is 4.66. The molecule has 1 fully saturated rings. The molecule has 0 aliphatic carbocycles. The van der Waals surface area contributed by atoms with Crippen molar-refractivity contribution >= 4 is 21.6 Å². The lowest BCUT2D eigenvalue weighted by Crippen LogP contribution is -2.33. The maximum atomic E-state index is 8.87. The van der Waals surface area contributed by atoms with Gasteiger partial charge in [0.25, 0.3) is 0 Å². The molecule has 1 aromatic carbocycles. The molecule has 1 heterocycles. The number of rotatable bonds is 3. The summed E-state index contributed by atoms with van der Waals surface area (Å²) in [6.07, 6.45) is 5.24. The second-order valence-electron chi connectivity index (χ2n) is 5.00. The van der Waals surface area contributed by atoms with Gasteiger partial charge in [-0.1, -0.05) is 19.8 Å². The molecule has 0 atom stereocenters. The zero-order valence-electron chi connectivity index (χ0n) is 10.8. The zero-order valence-corrected chi connectivity index (χ0v) is 12.4. The van der Waals surface area contributed by atoms with Gasteiger partial charge in [-0.15, -0.1) is 0 Å². The molecule has 0 aromatic heterocycles. The Bertz CT molecular complexity index is 442. The van der Waals surface area contributed by atoms with E-state index in [1.807, 2.05) is 12.1 Å². The number of piperidine rings is 1. The molecule has 1 aromatic rings. The molecule has 0 saturated carbocycles. The summed E-state index contributed by atoms with van der Waals surface area (Å²) < 4.78 is 1.04. The Balaban J connectivity index is 2.04. The van der Waals surface area contributed by atoms with E-state index in [2.05, 4.69) is 39.9 Å². The third-order valence-electron chi connectivity index (χ3n) is 3.73. The lowest BCUT2D eigenvalue weighted by Gasteiger charge is -2.34. The van der Waals surface area contributed by atoms with E-state index in [-0.39, 0.29) is 0 Å². The summed E-state index contributed by atoms with van der Waals surface area (Å²) in [6, 6.07) is 8.04. The second-order valence-corrected chi connectivity index (χ2v) is 5.85. The van der Waals surface area contributed by atoms with Crippen molar-refractivity contribution in [1.82, 2.24) is 0 Å². The monoisotopic (exact) mass is 306 g/mol. The highest BCUT2D eigenvalue weighted by molar-refractivity contribution is 9.10. The molecule has 0 radical (unpaired) electrons. The molecule has 2 rings (SSSR count). The average molecular weight is 307 g/mol. The normalized spacial score (nSPS) is 16.6. The summed E-state index contributed by atoms with van der Waals surface area (Å²) >= 11 is 3.58. The number of hydrogen-bond acceptors (Lipinski definition) is 2. The van der Waals surface area contributed by atoms with Crippen LogP contribution < -0.4 is 4.90 Å². The zero-order chi connectivity index (χ0) is 13.0. The van der Waals surface area contributed by atoms with Gasteiger partial charge in [-0.25, -0.2) is 0 Å². The molecule has 1 aliphatic heterocycles. The van der Waals surface area contributed by atoms with Gasteiger partial charge < -0.3 is 4.90 Å². The average Bonchev–Trinajstić information content (AvgIpc) is 2.40. The second kappa shape index (κ2) is 6.24. The standard InChI is InChI=1S/C15H19BrN2/c1-2-3-12-6-8-18(9-7-12)15-5-4-13(11-17)10-14(15)16/h4-5,10,12H,2-3,6-9H2,1H3. The van der Waals surface area contributed by atoms with Crippen LogP contribution in [0.1, 0.15) is 38.2 Å². The van der Waals surface area contributed by atoms with E-state index in [1.165, 1.54) is 31.4 Å². The van der Waals surface area contributed by atoms with Crippen LogP contribution in [0.15, 0.2) is 22.7 Å². The number of anilines is 1. The van der Waals surface area contributed by atoms with Gasteiger partial charge in [-0.2, -0.15) is 5.26 Å². The van der Waals surface area contributed by atoms with Crippen LogP contribution in [0, 0.1) is 17.2 Å². The fraction of sp³-hybridized carbons (Fsp3) is 0.533. The third kappa shape index (κ3) is 3.05. The first-order chi connectivity index (χ1) is 8.74. The van der Waals surface area contributed by atoms with Crippen LogP contribution >= 0.6 is 15.9 Å². The highest BCUT2D eigenvalue weighted by atomic mass is 79.9. The van der Waals surface area contributed by atoms with E-state index >= 15 is 0 Å². The minimum atomic E-state index is 0.714. The fourth-order valence-electron chi connectivity index (χ4n) is 2.70. The SMILES string of the molecule is CCCC1CCN(c2ccc(C#N)cc2Br)CC1. The van der Waals surface area contributed by atoms with Crippen molar-refractivity contribution < 1.29 is 0 Å². The molecular weight excluding hydrogens is 288 g/mol. The first-order valence-corrected chi connectivity index (χ1v) is 7.48. The van der Waals surface area contributed by atoms with Crippen molar-refractivity contribution in [3.8, 4) is 6.07 Å². The van der Waals surface area contributed by atoms with Gasteiger partial charge in [0.2, 0.25) is 0 Å². The maximum Gasteiger partial charge on any atom is 0.0992 e. The number of halogens is 1. The number of hydrogen-bond donors (Lipinski definition) is 0. The van der Waals surface area contributed by atoms with Crippen molar-refractivity contribution in [2.75, 3.05) is 18.0 Å². The Labute approximate surface area is 118 Å². The molecular formula is C15H19BrN2. The summed E-state index contributed by atoms with van der Waals surface area (Å²) in [5.74, 6) is 0.906. The molecule has 18 heavy (non-hydrogen) atoms.